The fourth-order valence-corrected chi connectivity index (χ4v) is 4.71. The molecule has 2 heterocycles. The number of hydrogen-bond acceptors (Lipinski definition) is 9. The Morgan fingerprint density at radius 1 is 1.07 bits per heavy atom. The number of carbonyl (C=O) groups is 2. The van der Waals surface area contributed by atoms with Crippen molar-refractivity contribution in [2.75, 3.05) is 26.1 Å². The molecular formula is C30H42FN5O5. The summed E-state index contributed by atoms with van der Waals surface area (Å²) >= 11 is 0. The largest absolute Gasteiger partial charge is 0.463 e. The number of hydrogen-bond donors (Lipinski definition) is 1. The van der Waals surface area contributed by atoms with E-state index in [1.807, 2.05) is 46.8 Å². The summed E-state index contributed by atoms with van der Waals surface area (Å²) in [6, 6.07) is 3.84. The quantitative estimate of drug-likeness (QED) is 0.186. The van der Waals surface area contributed by atoms with Gasteiger partial charge in [0.05, 0.1) is 18.2 Å². The van der Waals surface area contributed by atoms with Crippen LogP contribution >= 0.6 is 0 Å². The van der Waals surface area contributed by atoms with Gasteiger partial charge in [0.25, 0.3) is 0 Å². The Morgan fingerprint density at radius 3 is 2.37 bits per heavy atom. The molecule has 0 spiro atoms. The van der Waals surface area contributed by atoms with E-state index in [4.69, 9.17) is 14.2 Å². The van der Waals surface area contributed by atoms with Gasteiger partial charge in [0, 0.05) is 31.7 Å². The lowest BCUT2D eigenvalue weighted by Crippen LogP contribution is -2.36. The lowest BCUT2D eigenvalue weighted by Gasteiger charge is -2.31. The van der Waals surface area contributed by atoms with Crippen LogP contribution in [-0.4, -0.2) is 57.8 Å². The summed E-state index contributed by atoms with van der Waals surface area (Å²) in [5.74, 6) is 0.00146. The number of fused-ring (bicyclic) bond motifs is 1. The van der Waals surface area contributed by atoms with Gasteiger partial charge >= 0.3 is 18.0 Å². The molecule has 0 amide bonds. The van der Waals surface area contributed by atoms with Gasteiger partial charge in [0.1, 0.15) is 18.0 Å². The summed E-state index contributed by atoms with van der Waals surface area (Å²) < 4.78 is 32.9. The number of aryl methyl sites for hydroxylation is 3. The first-order chi connectivity index (χ1) is 19.0. The van der Waals surface area contributed by atoms with Crippen molar-refractivity contribution in [2.24, 2.45) is 5.41 Å². The van der Waals surface area contributed by atoms with Gasteiger partial charge in [-0.15, -0.1) is 0 Å². The lowest BCUT2D eigenvalue weighted by atomic mass is 9.78. The van der Waals surface area contributed by atoms with Gasteiger partial charge in [-0.25, -0.2) is 4.98 Å². The molecule has 1 aromatic carbocycles. The Bertz CT molecular complexity index is 1430. The number of ether oxygens (including phenoxy) is 3. The minimum atomic E-state index is -0.852. The Kier molecular flexibility index (Phi) is 9.42. The van der Waals surface area contributed by atoms with Crippen molar-refractivity contribution < 1.29 is 28.2 Å². The molecule has 0 fully saturated rings. The lowest BCUT2D eigenvalue weighted by molar-refractivity contribution is -0.154. The molecule has 0 aliphatic heterocycles. The maximum absolute atomic E-state index is 13.9. The molecule has 3 aromatic rings. The standard InChI is InChI=1S/C30H42FN5O5/c1-18-13-19(2)22(20(14-18)41-26(38)28(3,4)5)29(6,7)15-21(37)40-16-30(8,39-10)11-12-36-17-33-23-24(32-9)34-27(31)35-25(23)36/h13-14,17H,11-12,15-16H2,1-10H3,(H,32,34,35)/t30-/m0/s1. The highest BCUT2D eigenvalue weighted by atomic mass is 19.1. The molecular weight excluding hydrogens is 529 g/mol. The van der Waals surface area contributed by atoms with Gasteiger partial charge in [-0.3, -0.25) is 9.59 Å². The van der Waals surface area contributed by atoms with E-state index < -0.39 is 28.5 Å². The second-order valence-electron chi connectivity index (χ2n) is 12.4. The van der Waals surface area contributed by atoms with Crippen LogP contribution in [0.4, 0.5) is 10.2 Å². The molecule has 3 rings (SSSR count). The molecule has 0 saturated carbocycles. The molecule has 41 heavy (non-hydrogen) atoms. The smallest absolute Gasteiger partial charge is 0.316 e. The second kappa shape index (κ2) is 12.1. The normalized spacial score (nSPS) is 13.6. The van der Waals surface area contributed by atoms with Crippen molar-refractivity contribution in [2.45, 2.75) is 85.8 Å². The first-order valence-electron chi connectivity index (χ1n) is 13.6. The first-order valence-corrected chi connectivity index (χ1v) is 13.6. The highest BCUT2D eigenvalue weighted by molar-refractivity contribution is 5.82. The molecule has 0 radical (unpaired) electrons. The summed E-state index contributed by atoms with van der Waals surface area (Å²) in [6.45, 7) is 15.4. The number of esters is 2. The van der Waals surface area contributed by atoms with Crippen LogP contribution in [0.2, 0.25) is 0 Å². The van der Waals surface area contributed by atoms with Gasteiger partial charge in [0.2, 0.25) is 0 Å². The fraction of sp³-hybridized carbons (Fsp3) is 0.567. The summed E-state index contributed by atoms with van der Waals surface area (Å²) in [4.78, 5) is 37.7. The molecule has 0 unspecified atom stereocenters. The number of aromatic nitrogens is 4. The molecule has 0 aliphatic carbocycles. The fourth-order valence-electron chi connectivity index (χ4n) is 4.71. The van der Waals surface area contributed by atoms with Crippen LogP contribution in [0.5, 0.6) is 5.75 Å². The topological polar surface area (TPSA) is 117 Å². The zero-order valence-corrected chi connectivity index (χ0v) is 25.8. The SMILES string of the molecule is CNc1nc(F)nc2c1ncn2CC[C@@](C)(COC(=O)CC(C)(C)c1c(C)cc(C)cc1OC(=O)C(C)(C)C)OC. The van der Waals surface area contributed by atoms with E-state index in [0.717, 1.165) is 16.7 Å². The summed E-state index contributed by atoms with van der Waals surface area (Å²) in [7, 11) is 3.19. The van der Waals surface area contributed by atoms with Gasteiger partial charge in [-0.2, -0.15) is 14.4 Å². The van der Waals surface area contributed by atoms with Gasteiger partial charge in [-0.1, -0.05) is 19.9 Å². The van der Waals surface area contributed by atoms with Gasteiger partial charge < -0.3 is 24.1 Å². The number of nitrogens with one attached hydrogen (secondary N) is 1. The van der Waals surface area contributed by atoms with E-state index in [-0.39, 0.29) is 19.0 Å². The average Bonchev–Trinajstić information content (AvgIpc) is 3.27. The zero-order chi connectivity index (χ0) is 30.8. The monoisotopic (exact) mass is 571 g/mol. The minimum absolute atomic E-state index is 0.00883. The van der Waals surface area contributed by atoms with Crippen LogP contribution < -0.4 is 10.1 Å². The van der Waals surface area contributed by atoms with Gasteiger partial charge in [0.15, 0.2) is 17.0 Å². The first kappa shape index (κ1) is 31.9. The van der Waals surface area contributed by atoms with E-state index in [2.05, 4.69) is 20.3 Å². The van der Waals surface area contributed by atoms with Crippen LogP contribution in [-0.2, 0) is 31.0 Å². The van der Waals surface area contributed by atoms with Crippen molar-refractivity contribution in [1.29, 1.82) is 0 Å². The average molecular weight is 572 g/mol. The minimum Gasteiger partial charge on any atom is -0.463 e. The molecule has 1 atom stereocenters. The summed E-state index contributed by atoms with van der Waals surface area (Å²) in [6.07, 6.45) is 1.22. The zero-order valence-electron chi connectivity index (χ0n) is 25.8. The van der Waals surface area contributed by atoms with Crippen molar-refractivity contribution in [3.63, 3.8) is 0 Å². The summed E-state index contributed by atoms with van der Waals surface area (Å²) in [5, 5.41) is 2.82. The number of anilines is 1. The number of imidazole rings is 1. The molecule has 0 aliphatic rings. The third-order valence-corrected chi connectivity index (χ3v) is 7.11. The number of rotatable bonds is 11. The van der Waals surface area contributed by atoms with Crippen LogP contribution in [0.25, 0.3) is 11.2 Å². The van der Waals surface area contributed by atoms with Crippen molar-refractivity contribution in [1.82, 2.24) is 19.5 Å². The molecule has 10 nitrogen and oxygen atoms in total. The van der Waals surface area contributed by atoms with Crippen LogP contribution in [0.1, 0.15) is 71.1 Å². The summed E-state index contributed by atoms with van der Waals surface area (Å²) in [5.41, 5.74) is 1.30. The Balaban J connectivity index is 1.71. The number of methoxy groups -OCH3 is 1. The molecule has 0 saturated heterocycles. The van der Waals surface area contributed by atoms with E-state index >= 15 is 0 Å². The second-order valence-corrected chi connectivity index (χ2v) is 12.4. The molecule has 0 bridgehead atoms. The number of carbonyl (C=O) groups excluding carboxylic acids is 2. The Hall–Kier alpha value is -3.60. The van der Waals surface area contributed by atoms with E-state index in [1.54, 1.807) is 45.8 Å². The van der Waals surface area contributed by atoms with Crippen molar-refractivity contribution >= 4 is 28.9 Å². The van der Waals surface area contributed by atoms with E-state index in [1.165, 1.54) is 0 Å². The third-order valence-electron chi connectivity index (χ3n) is 7.11. The molecule has 2 aromatic heterocycles. The third kappa shape index (κ3) is 7.58. The van der Waals surface area contributed by atoms with Crippen molar-refractivity contribution in [3.8, 4) is 5.75 Å². The highest BCUT2D eigenvalue weighted by Crippen LogP contribution is 2.39. The van der Waals surface area contributed by atoms with E-state index in [0.29, 0.717) is 35.7 Å². The van der Waals surface area contributed by atoms with Crippen LogP contribution in [0, 0.1) is 25.3 Å². The maximum atomic E-state index is 13.9. The number of halogens is 1. The predicted molar refractivity (Wildman–Crippen MR) is 154 cm³/mol. The molecule has 11 heteroatoms. The highest BCUT2D eigenvalue weighted by Gasteiger charge is 2.34. The predicted octanol–water partition coefficient (Wildman–Crippen LogP) is 5.28. The van der Waals surface area contributed by atoms with Crippen molar-refractivity contribution in [3.05, 3.63) is 41.2 Å². The van der Waals surface area contributed by atoms with E-state index in [9.17, 15) is 14.0 Å². The Morgan fingerprint density at radius 2 is 1.76 bits per heavy atom. The molecule has 224 valence electrons. The van der Waals surface area contributed by atoms with Crippen LogP contribution in [0.3, 0.4) is 0 Å². The Labute approximate surface area is 241 Å². The number of nitrogens with zero attached hydrogens (tertiary/aromatic N) is 4. The van der Waals surface area contributed by atoms with Gasteiger partial charge in [-0.05, 0) is 65.2 Å². The molecule has 1 N–H and O–H groups in total. The maximum Gasteiger partial charge on any atom is 0.316 e. The van der Waals surface area contributed by atoms with Crippen LogP contribution in [0.15, 0.2) is 18.5 Å². The number of benzene rings is 1.